The van der Waals surface area contributed by atoms with Gasteiger partial charge in [-0.05, 0) is 82.4 Å². The molecule has 30 heavy (non-hydrogen) atoms. The van der Waals surface area contributed by atoms with Gasteiger partial charge in [0, 0.05) is 23.5 Å². The molecule has 6 heteroatoms. The molecule has 4 rings (SSSR count). The number of halogens is 3. The molecule has 3 nitrogen and oxygen atoms in total. The Balaban J connectivity index is 0.00000160. The summed E-state index contributed by atoms with van der Waals surface area (Å²) in [7, 11) is 0. The van der Waals surface area contributed by atoms with Crippen molar-refractivity contribution in [1.29, 1.82) is 0 Å². The van der Waals surface area contributed by atoms with Gasteiger partial charge >= 0.3 is 0 Å². The fourth-order valence-electron chi connectivity index (χ4n) is 5.83. The Morgan fingerprint density at radius 3 is 2.20 bits per heavy atom. The van der Waals surface area contributed by atoms with E-state index in [0.29, 0.717) is 0 Å². The van der Waals surface area contributed by atoms with E-state index in [-0.39, 0.29) is 30.7 Å². The maximum Gasteiger partial charge on any atom is 0.0728 e. The van der Waals surface area contributed by atoms with E-state index in [4.69, 9.17) is 11.6 Å². The van der Waals surface area contributed by atoms with E-state index in [1.165, 1.54) is 57.2 Å². The SMILES string of the molecule is Cl.Cl.OC1(C(CN2CCC(N3CCCCC3)CC2)c2cccc(Cl)c2)CCCCC1. The Morgan fingerprint density at radius 1 is 0.933 bits per heavy atom. The summed E-state index contributed by atoms with van der Waals surface area (Å²) in [6, 6.07) is 9.01. The molecule has 1 unspecified atom stereocenters. The molecule has 172 valence electrons. The fraction of sp³-hybridized carbons (Fsp3) is 0.750. The number of nitrogens with zero attached hydrogens (tertiary/aromatic N) is 2. The van der Waals surface area contributed by atoms with E-state index < -0.39 is 5.60 Å². The molecule has 1 atom stereocenters. The summed E-state index contributed by atoms with van der Waals surface area (Å²) in [4.78, 5) is 5.35. The van der Waals surface area contributed by atoms with Gasteiger partial charge < -0.3 is 14.9 Å². The van der Waals surface area contributed by atoms with E-state index >= 15 is 0 Å². The molecule has 0 aromatic heterocycles. The molecule has 3 aliphatic rings. The summed E-state index contributed by atoms with van der Waals surface area (Å²) < 4.78 is 0. The highest BCUT2D eigenvalue weighted by Crippen LogP contribution is 2.41. The molecule has 2 aliphatic heterocycles. The predicted octanol–water partition coefficient (Wildman–Crippen LogP) is 5.91. The van der Waals surface area contributed by atoms with Crippen LogP contribution < -0.4 is 0 Å². The van der Waals surface area contributed by atoms with Crippen molar-refractivity contribution in [3.8, 4) is 0 Å². The van der Waals surface area contributed by atoms with Gasteiger partial charge in [0.2, 0.25) is 0 Å². The molecule has 0 amide bonds. The highest BCUT2D eigenvalue weighted by Gasteiger charge is 2.40. The first-order valence-corrected chi connectivity index (χ1v) is 12.0. The van der Waals surface area contributed by atoms with Crippen molar-refractivity contribution in [2.24, 2.45) is 0 Å². The predicted molar refractivity (Wildman–Crippen MR) is 132 cm³/mol. The number of likely N-dealkylation sites (tertiary alicyclic amines) is 2. The van der Waals surface area contributed by atoms with Crippen LogP contribution >= 0.6 is 36.4 Å². The monoisotopic (exact) mass is 476 g/mol. The van der Waals surface area contributed by atoms with Crippen LogP contribution in [-0.2, 0) is 0 Å². The Kier molecular flexibility index (Phi) is 10.7. The highest BCUT2D eigenvalue weighted by molar-refractivity contribution is 6.30. The van der Waals surface area contributed by atoms with Gasteiger partial charge in [-0.2, -0.15) is 0 Å². The van der Waals surface area contributed by atoms with E-state index in [1.807, 2.05) is 12.1 Å². The second-order valence-corrected chi connectivity index (χ2v) is 9.84. The van der Waals surface area contributed by atoms with Crippen molar-refractivity contribution >= 4 is 36.4 Å². The molecule has 1 aromatic carbocycles. The third-order valence-corrected chi connectivity index (χ3v) is 7.76. The minimum absolute atomic E-state index is 0. The van der Waals surface area contributed by atoms with Crippen LogP contribution in [0, 0.1) is 0 Å². The van der Waals surface area contributed by atoms with Crippen molar-refractivity contribution in [1.82, 2.24) is 9.80 Å². The standard InChI is InChI=1S/C24H37ClN2O.2ClH/c25-21-9-7-8-20(18-21)23(24(28)12-3-1-4-13-24)19-26-16-10-22(11-17-26)27-14-5-2-6-15-27;;/h7-9,18,22-23,28H,1-6,10-17,19H2;2*1H. The quantitative estimate of drug-likeness (QED) is 0.571. The molecule has 1 saturated carbocycles. The molecule has 1 aliphatic carbocycles. The van der Waals surface area contributed by atoms with Crippen molar-refractivity contribution in [2.45, 2.75) is 81.8 Å². The summed E-state index contributed by atoms with van der Waals surface area (Å²) in [6.45, 7) is 5.89. The summed E-state index contributed by atoms with van der Waals surface area (Å²) >= 11 is 6.32. The van der Waals surface area contributed by atoms with Crippen molar-refractivity contribution in [3.05, 3.63) is 34.9 Å². The third kappa shape index (κ3) is 6.49. The van der Waals surface area contributed by atoms with E-state index in [0.717, 1.165) is 56.4 Å². The van der Waals surface area contributed by atoms with E-state index in [9.17, 15) is 5.11 Å². The van der Waals surface area contributed by atoms with Crippen LogP contribution in [0.1, 0.15) is 75.7 Å². The zero-order chi connectivity index (χ0) is 19.4. The van der Waals surface area contributed by atoms with Crippen LogP contribution in [0.2, 0.25) is 5.02 Å². The van der Waals surface area contributed by atoms with E-state index in [2.05, 4.69) is 21.9 Å². The lowest BCUT2D eigenvalue weighted by Gasteiger charge is -2.44. The van der Waals surface area contributed by atoms with Crippen LogP contribution in [0.4, 0.5) is 0 Å². The lowest BCUT2D eigenvalue weighted by Crippen LogP contribution is -2.50. The average Bonchev–Trinajstić information content (AvgIpc) is 2.73. The highest BCUT2D eigenvalue weighted by atomic mass is 35.5. The molecule has 2 saturated heterocycles. The Morgan fingerprint density at radius 2 is 1.57 bits per heavy atom. The number of rotatable bonds is 5. The third-order valence-electron chi connectivity index (χ3n) is 7.52. The van der Waals surface area contributed by atoms with Gasteiger partial charge in [0.25, 0.3) is 0 Å². The van der Waals surface area contributed by atoms with Crippen LogP contribution in [0.5, 0.6) is 0 Å². The summed E-state index contributed by atoms with van der Waals surface area (Å²) in [5.41, 5.74) is 0.641. The van der Waals surface area contributed by atoms with Gasteiger partial charge in [-0.25, -0.2) is 0 Å². The Labute approximate surface area is 200 Å². The summed E-state index contributed by atoms with van der Waals surface area (Å²) in [5, 5.41) is 12.4. The number of hydrogen-bond donors (Lipinski definition) is 1. The van der Waals surface area contributed by atoms with Gasteiger partial charge in [0.15, 0.2) is 0 Å². The fourth-order valence-corrected chi connectivity index (χ4v) is 6.03. The van der Waals surface area contributed by atoms with Crippen LogP contribution in [0.25, 0.3) is 0 Å². The average molecular weight is 478 g/mol. The number of aliphatic hydroxyl groups is 1. The summed E-state index contributed by atoms with van der Waals surface area (Å²) in [6.07, 6.45) is 12.1. The van der Waals surface area contributed by atoms with Crippen LogP contribution in [0.3, 0.4) is 0 Å². The van der Waals surface area contributed by atoms with E-state index in [1.54, 1.807) is 0 Å². The number of hydrogen-bond acceptors (Lipinski definition) is 3. The first-order chi connectivity index (χ1) is 13.6. The molecule has 0 radical (unpaired) electrons. The zero-order valence-corrected chi connectivity index (χ0v) is 20.5. The maximum atomic E-state index is 11.6. The minimum atomic E-state index is -0.577. The molecule has 1 aromatic rings. The van der Waals surface area contributed by atoms with Crippen molar-refractivity contribution in [2.75, 3.05) is 32.7 Å². The molecule has 0 bridgehead atoms. The smallest absolute Gasteiger partial charge is 0.0728 e. The Bertz CT molecular complexity index is 625. The van der Waals surface area contributed by atoms with Crippen molar-refractivity contribution < 1.29 is 5.11 Å². The van der Waals surface area contributed by atoms with Gasteiger partial charge in [-0.15, -0.1) is 24.8 Å². The molecular weight excluding hydrogens is 439 g/mol. The molecular formula is C24H39Cl3N2O. The number of benzene rings is 1. The lowest BCUT2D eigenvalue weighted by molar-refractivity contribution is -0.0343. The second kappa shape index (κ2) is 12.3. The largest absolute Gasteiger partial charge is 0.389 e. The van der Waals surface area contributed by atoms with Gasteiger partial charge in [0.1, 0.15) is 0 Å². The van der Waals surface area contributed by atoms with Gasteiger partial charge in [0.05, 0.1) is 5.60 Å². The molecule has 3 fully saturated rings. The zero-order valence-electron chi connectivity index (χ0n) is 18.1. The normalized spacial score (nSPS) is 24.5. The molecule has 0 spiro atoms. The van der Waals surface area contributed by atoms with Crippen molar-refractivity contribution in [3.63, 3.8) is 0 Å². The topological polar surface area (TPSA) is 26.7 Å². The first kappa shape index (κ1) is 26.2. The maximum absolute atomic E-state index is 11.6. The molecule has 2 heterocycles. The molecule has 1 N–H and O–H groups in total. The minimum Gasteiger partial charge on any atom is -0.389 e. The van der Waals surface area contributed by atoms with Gasteiger partial charge in [-0.1, -0.05) is 49.4 Å². The van der Waals surface area contributed by atoms with Crippen LogP contribution in [0.15, 0.2) is 24.3 Å². The van der Waals surface area contributed by atoms with Gasteiger partial charge in [-0.3, -0.25) is 0 Å². The summed E-state index contributed by atoms with van der Waals surface area (Å²) in [5.74, 6) is 0.165. The number of piperidine rings is 2. The van der Waals surface area contributed by atoms with Crippen LogP contribution in [-0.4, -0.2) is 59.3 Å². The lowest BCUT2D eigenvalue weighted by atomic mass is 9.72. The second-order valence-electron chi connectivity index (χ2n) is 9.40. The first-order valence-electron chi connectivity index (χ1n) is 11.6. The Hall–Kier alpha value is -0.0300.